The van der Waals surface area contributed by atoms with E-state index in [1.165, 1.54) is 6.92 Å². The van der Waals surface area contributed by atoms with Gasteiger partial charge in [-0.05, 0) is 47.4 Å². The lowest BCUT2D eigenvalue weighted by atomic mass is 9.81. The van der Waals surface area contributed by atoms with E-state index >= 15 is 0 Å². The normalized spacial score (nSPS) is 20.6. The Labute approximate surface area is 150 Å². The molecule has 1 atom stereocenters. The highest BCUT2D eigenvalue weighted by molar-refractivity contribution is 6.45. The highest BCUT2D eigenvalue weighted by Crippen LogP contribution is 2.38. The fourth-order valence-corrected chi connectivity index (χ4v) is 2.72. The van der Waals surface area contributed by atoms with Crippen LogP contribution in [0.3, 0.4) is 0 Å². The first-order valence-electron chi connectivity index (χ1n) is 8.77. The lowest BCUT2D eigenvalue weighted by Gasteiger charge is -2.32. The minimum Gasteiger partial charge on any atom is -0.464 e. The van der Waals surface area contributed by atoms with Gasteiger partial charge < -0.3 is 24.2 Å². The number of esters is 1. The zero-order valence-electron chi connectivity index (χ0n) is 16.1. The zero-order chi connectivity index (χ0) is 19.3. The SMILES string of the molecule is CCOC(=O)C(C=O)(CCCCB1OC(C)(C)C(C)(C)O1)NC(C)=O. The van der Waals surface area contributed by atoms with Crippen molar-refractivity contribution in [2.75, 3.05) is 6.61 Å². The number of aldehydes is 1. The lowest BCUT2D eigenvalue weighted by Crippen LogP contribution is -2.56. The van der Waals surface area contributed by atoms with Gasteiger partial charge in [0.15, 0.2) is 11.8 Å². The molecule has 0 aromatic rings. The highest BCUT2D eigenvalue weighted by Gasteiger charge is 2.50. The van der Waals surface area contributed by atoms with Crippen LogP contribution in [0.4, 0.5) is 0 Å². The molecular weight excluding hydrogens is 325 g/mol. The van der Waals surface area contributed by atoms with Gasteiger partial charge in [0.25, 0.3) is 0 Å². The van der Waals surface area contributed by atoms with Gasteiger partial charge in [0.1, 0.15) is 0 Å². The topological polar surface area (TPSA) is 90.9 Å². The van der Waals surface area contributed by atoms with E-state index in [2.05, 4.69) is 5.32 Å². The quantitative estimate of drug-likeness (QED) is 0.223. The minimum absolute atomic E-state index is 0.141. The maximum absolute atomic E-state index is 12.1. The van der Waals surface area contributed by atoms with Crippen molar-refractivity contribution in [1.29, 1.82) is 0 Å². The van der Waals surface area contributed by atoms with Crippen LogP contribution < -0.4 is 5.32 Å². The Kier molecular flexibility index (Phi) is 7.20. The van der Waals surface area contributed by atoms with E-state index < -0.39 is 17.4 Å². The predicted molar refractivity (Wildman–Crippen MR) is 94.0 cm³/mol. The van der Waals surface area contributed by atoms with Gasteiger partial charge in [-0.15, -0.1) is 0 Å². The zero-order valence-corrected chi connectivity index (χ0v) is 16.1. The molecule has 1 saturated heterocycles. The number of unbranched alkanes of at least 4 members (excludes halogenated alkanes) is 1. The molecule has 1 aliphatic rings. The van der Waals surface area contributed by atoms with Gasteiger partial charge in [-0.2, -0.15) is 0 Å². The average Bonchev–Trinajstić information content (AvgIpc) is 2.69. The third-order valence-electron chi connectivity index (χ3n) is 4.80. The summed E-state index contributed by atoms with van der Waals surface area (Å²) in [4.78, 5) is 35.1. The van der Waals surface area contributed by atoms with Gasteiger partial charge in [0.2, 0.25) is 5.91 Å². The Morgan fingerprint density at radius 2 is 1.72 bits per heavy atom. The summed E-state index contributed by atoms with van der Waals surface area (Å²) in [5, 5.41) is 2.44. The summed E-state index contributed by atoms with van der Waals surface area (Å²) in [5.74, 6) is -1.18. The lowest BCUT2D eigenvalue weighted by molar-refractivity contribution is -0.155. The second kappa shape index (κ2) is 8.32. The minimum atomic E-state index is -1.63. The molecule has 25 heavy (non-hydrogen) atoms. The Balaban J connectivity index is 2.59. The third-order valence-corrected chi connectivity index (χ3v) is 4.80. The fourth-order valence-electron chi connectivity index (χ4n) is 2.72. The number of hydrogen-bond donors (Lipinski definition) is 1. The van der Waals surface area contributed by atoms with Crippen molar-refractivity contribution in [2.24, 2.45) is 0 Å². The Bertz CT molecular complexity index is 491. The molecule has 0 radical (unpaired) electrons. The molecule has 0 saturated carbocycles. The van der Waals surface area contributed by atoms with Crippen molar-refractivity contribution in [3.63, 3.8) is 0 Å². The summed E-state index contributed by atoms with van der Waals surface area (Å²) in [6, 6.07) is 0. The first kappa shape index (κ1) is 21.6. The largest absolute Gasteiger partial charge is 0.464 e. The van der Waals surface area contributed by atoms with Gasteiger partial charge in [-0.3, -0.25) is 4.79 Å². The molecule has 1 N–H and O–H groups in total. The van der Waals surface area contributed by atoms with Crippen LogP contribution in [0.2, 0.25) is 6.32 Å². The number of carbonyl (C=O) groups is 3. The van der Waals surface area contributed by atoms with Gasteiger partial charge in [0, 0.05) is 6.92 Å². The maximum Gasteiger partial charge on any atom is 0.457 e. The molecule has 1 rings (SSSR count). The van der Waals surface area contributed by atoms with E-state index in [4.69, 9.17) is 14.0 Å². The second-order valence-electron chi connectivity index (χ2n) is 7.42. The number of rotatable bonds is 9. The van der Waals surface area contributed by atoms with Crippen molar-refractivity contribution in [2.45, 2.75) is 83.9 Å². The van der Waals surface area contributed by atoms with Crippen LogP contribution in [-0.4, -0.2) is 48.6 Å². The smallest absolute Gasteiger partial charge is 0.457 e. The molecule has 8 heteroatoms. The molecule has 1 unspecified atom stereocenters. The summed E-state index contributed by atoms with van der Waals surface area (Å²) >= 11 is 0. The summed E-state index contributed by atoms with van der Waals surface area (Å²) in [6.45, 7) is 11.0. The summed E-state index contributed by atoms with van der Waals surface area (Å²) in [5.41, 5.74) is -2.39. The number of carbonyl (C=O) groups excluding carboxylic acids is 3. The van der Waals surface area contributed by atoms with Crippen molar-refractivity contribution in [3.8, 4) is 0 Å². The van der Waals surface area contributed by atoms with Gasteiger partial charge in [0.05, 0.1) is 17.8 Å². The van der Waals surface area contributed by atoms with Crippen LogP contribution in [0, 0.1) is 0 Å². The molecular formula is C17H30BNO6. The average molecular weight is 355 g/mol. The van der Waals surface area contributed by atoms with E-state index in [0.29, 0.717) is 25.4 Å². The standard InChI is InChI=1S/C17H30BNO6/c1-7-23-14(22)17(12-20,19-13(2)21)10-8-9-11-18-24-15(3,4)16(5,6)25-18/h12H,7-11H2,1-6H3,(H,19,21). The van der Waals surface area contributed by atoms with Crippen LogP contribution in [-0.2, 0) is 28.4 Å². The predicted octanol–water partition coefficient (Wildman–Crippen LogP) is 1.89. The molecule has 1 heterocycles. The molecule has 142 valence electrons. The first-order chi connectivity index (χ1) is 11.5. The Morgan fingerprint density at radius 3 is 2.16 bits per heavy atom. The van der Waals surface area contributed by atoms with Crippen LogP contribution >= 0.6 is 0 Å². The van der Waals surface area contributed by atoms with E-state index in [1.807, 2.05) is 27.7 Å². The molecule has 0 bridgehead atoms. The van der Waals surface area contributed by atoms with Gasteiger partial charge in [-0.1, -0.05) is 12.8 Å². The summed E-state index contributed by atoms with van der Waals surface area (Å²) in [6.07, 6.45) is 2.51. The molecule has 0 spiro atoms. The summed E-state index contributed by atoms with van der Waals surface area (Å²) < 4.78 is 16.8. The number of hydrogen-bond acceptors (Lipinski definition) is 6. The van der Waals surface area contributed by atoms with E-state index in [9.17, 15) is 14.4 Å². The number of amides is 1. The van der Waals surface area contributed by atoms with Crippen LogP contribution in [0.25, 0.3) is 0 Å². The molecule has 1 fully saturated rings. The highest BCUT2D eigenvalue weighted by atomic mass is 16.7. The molecule has 0 aromatic heterocycles. The van der Waals surface area contributed by atoms with Gasteiger partial charge in [-0.25, -0.2) is 4.79 Å². The number of ether oxygens (including phenoxy) is 1. The summed E-state index contributed by atoms with van der Waals surface area (Å²) in [7, 11) is -0.320. The fraction of sp³-hybridized carbons (Fsp3) is 0.824. The van der Waals surface area contributed by atoms with Crippen LogP contribution in [0.1, 0.15) is 60.8 Å². The van der Waals surface area contributed by atoms with Crippen molar-refractivity contribution >= 4 is 25.3 Å². The van der Waals surface area contributed by atoms with E-state index in [0.717, 1.165) is 0 Å². The first-order valence-corrected chi connectivity index (χ1v) is 8.77. The molecule has 7 nitrogen and oxygen atoms in total. The van der Waals surface area contributed by atoms with Crippen molar-refractivity contribution < 1.29 is 28.4 Å². The Morgan fingerprint density at radius 1 is 1.16 bits per heavy atom. The van der Waals surface area contributed by atoms with Crippen LogP contribution in [0.15, 0.2) is 0 Å². The number of nitrogens with one attached hydrogen (secondary N) is 1. The third kappa shape index (κ3) is 5.28. The molecule has 0 aromatic carbocycles. The van der Waals surface area contributed by atoms with Crippen molar-refractivity contribution in [3.05, 3.63) is 0 Å². The monoisotopic (exact) mass is 355 g/mol. The van der Waals surface area contributed by atoms with E-state index in [1.54, 1.807) is 6.92 Å². The van der Waals surface area contributed by atoms with Crippen molar-refractivity contribution in [1.82, 2.24) is 5.32 Å². The molecule has 0 aliphatic carbocycles. The van der Waals surface area contributed by atoms with Gasteiger partial charge >= 0.3 is 13.1 Å². The Hall–Kier alpha value is -1.41. The second-order valence-corrected chi connectivity index (χ2v) is 7.42. The maximum atomic E-state index is 12.1. The van der Waals surface area contributed by atoms with E-state index in [-0.39, 0.29) is 31.3 Å². The van der Waals surface area contributed by atoms with Crippen LogP contribution in [0.5, 0.6) is 0 Å². The molecule has 1 aliphatic heterocycles. The molecule has 1 amide bonds.